The van der Waals surface area contributed by atoms with Crippen LogP contribution in [0, 0.1) is 6.92 Å². The second-order valence-electron chi connectivity index (χ2n) is 4.26. The van der Waals surface area contributed by atoms with Crippen LogP contribution >= 0.6 is 39.1 Å². The van der Waals surface area contributed by atoms with Gasteiger partial charge in [0.25, 0.3) is 0 Å². The van der Waals surface area contributed by atoms with Crippen LogP contribution in [0.4, 0.5) is 0 Å². The van der Waals surface area contributed by atoms with E-state index in [9.17, 15) is 0 Å². The first-order valence-corrected chi connectivity index (χ1v) is 7.58. The summed E-state index contributed by atoms with van der Waals surface area (Å²) in [6, 6.07) is 3.62. The summed E-state index contributed by atoms with van der Waals surface area (Å²) in [7, 11) is 0. The summed E-state index contributed by atoms with van der Waals surface area (Å²) in [5, 5.41) is 4.05. The molecule has 20 heavy (non-hydrogen) atoms. The van der Waals surface area contributed by atoms with Crippen molar-refractivity contribution in [2.45, 2.75) is 11.6 Å². The number of alkyl halides is 1. The van der Waals surface area contributed by atoms with Crippen LogP contribution in [0.25, 0.3) is 0 Å². The molecule has 1 aliphatic rings. The second kappa shape index (κ2) is 6.85. The standard InChI is InChI=1S/C14H14BrCl2NO2/c1-10-8-11(16)13(12(17)9-10)19-6-7-20-14(15)4-2-3-5-18-14/h2-5,8-9,18H,6-7H2,1H3. The van der Waals surface area contributed by atoms with E-state index in [1.54, 1.807) is 6.20 Å². The number of hydrogen-bond donors (Lipinski definition) is 1. The number of ether oxygens (including phenoxy) is 2. The monoisotopic (exact) mass is 377 g/mol. The van der Waals surface area contributed by atoms with Crippen molar-refractivity contribution in [2.24, 2.45) is 0 Å². The lowest BCUT2D eigenvalue weighted by atomic mass is 10.2. The highest BCUT2D eigenvalue weighted by Gasteiger charge is 2.23. The van der Waals surface area contributed by atoms with Gasteiger partial charge in [-0.15, -0.1) is 0 Å². The van der Waals surface area contributed by atoms with E-state index in [2.05, 4.69) is 21.2 Å². The molecule has 1 atom stereocenters. The van der Waals surface area contributed by atoms with Gasteiger partial charge in [0, 0.05) is 0 Å². The van der Waals surface area contributed by atoms with Crippen molar-refractivity contribution in [1.29, 1.82) is 0 Å². The highest BCUT2D eigenvalue weighted by molar-refractivity contribution is 9.10. The van der Waals surface area contributed by atoms with E-state index in [0.29, 0.717) is 29.0 Å². The quantitative estimate of drug-likeness (QED) is 0.467. The lowest BCUT2D eigenvalue weighted by Gasteiger charge is -2.26. The van der Waals surface area contributed by atoms with Gasteiger partial charge in [0.05, 0.1) is 16.7 Å². The third-order valence-electron chi connectivity index (χ3n) is 2.58. The minimum atomic E-state index is -0.689. The van der Waals surface area contributed by atoms with E-state index in [4.69, 9.17) is 32.7 Å². The number of nitrogens with one attached hydrogen (secondary N) is 1. The van der Waals surface area contributed by atoms with Gasteiger partial charge >= 0.3 is 0 Å². The fourth-order valence-corrected chi connectivity index (χ4v) is 2.84. The molecule has 0 aliphatic carbocycles. The van der Waals surface area contributed by atoms with Crippen LogP contribution in [0.2, 0.25) is 10.0 Å². The van der Waals surface area contributed by atoms with E-state index in [0.717, 1.165) is 5.56 Å². The van der Waals surface area contributed by atoms with Gasteiger partial charge < -0.3 is 14.8 Å². The van der Waals surface area contributed by atoms with Crippen molar-refractivity contribution in [3.05, 3.63) is 52.2 Å². The van der Waals surface area contributed by atoms with Gasteiger partial charge in [0.1, 0.15) is 6.61 Å². The predicted octanol–water partition coefficient (Wildman–Crippen LogP) is 4.42. The maximum absolute atomic E-state index is 6.10. The van der Waals surface area contributed by atoms with Crippen LogP contribution in [0.3, 0.4) is 0 Å². The molecule has 3 nitrogen and oxygen atoms in total. The molecule has 0 fully saturated rings. The first-order valence-electron chi connectivity index (χ1n) is 6.03. The van der Waals surface area contributed by atoms with Crippen molar-refractivity contribution < 1.29 is 9.47 Å². The summed E-state index contributed by atoms with van der Waals surface area (Å²) < 4.78 is 10.5. The van der Waals surface area contributed by atoms with Crippen molar-refractivity contribution in [3.8, 4) is 5.75 Å². The lowest BCUT2D eigenvalue weighted by Crippen LogP contribution is -2.38. The molecular formula is C14H14BrCl2NO2. The zero-order valence-corrected chi connectivity index (χ0v) is 13.9. The molecule has 0 bridgehead atoms. The van der Waals surface area contributed by atoms with Crippen LogP contribution in [0.15, 0.2) is 36.6 Å². The molecule has 1 heterocycles. The third-order valence-corrected chi connectivity index (χ3v) is 3.87. The average molecular weight is 379 g/mol. The van der Waals surface area contributed by atoms with Gasteiger partial charge in [0.2, 0.25) is 4.63 Å². The van der Waals surface area contributed by atoms with Crippen molar-refractivity contribution in [3.63, 3.8) is 0 Å². The molecule has 0 amide bonds. The number of halogens is 3. The Morgan fingerprint density at radius 2 is 1.90 bits per heavy atom. The van der Waals surface area contributed by atoms with Gasteiger partial charge in [-0.25, -0.2) is 0 Å². The van der Waals surface area contributed by atoms with E-state index in [1.807, 2.05) is 37.3 Å². The summed E-state index contributed by atoms with van der Waals surface area (Å²) in [6.07, 6.45) is 7.42. The Morgan fingerprint density at radius 1 is 1.20 bits per heavy atom. The topological polar surface area (TPSA) is 30.5 Å². The zero-order valence-electron chi connectivity index (χ0n) is 10.8. The van der Waals surface area contributed by atoms with Crippen LogP contribution in [-0.4, -0.2) is 17.8 Å². The molecule has 1 N–H and O–H groups in total. The maximum Gasteiger partial charge on any atom is 0.215 e. The summed E-state index contributed by atoms with van der Waals surface area (Å²) in [6.45, 7) is 2.64. The minimum absolute atomic E-state index is 0.342. The molecule has 2 rings (SSSR count). The smallest absolute Gasteiger partial charge is 0.215 e. The minimum Gasteiger partial charge on any atom is -0.488 e. The lowest BCUT2D eigenvalue weighted by molar-refractivity contribution is 0.0308. The number of hydrogen-bond acceptors (Lipinski definition) is 3. The number of rotatable bonds is 5. The number of allylic oxidation sites excluding steroid dienone is 2. The summed E-state index contributed by atoms with van der Waals surface area (Å²) in [4.78, 5) is 0. The molecule has 0 spiro atoms. The molecular weight excluding hydrogens is 365 g/mol. The largest absolute Gasteiger partial charge is 0.488 e. The Morgan fingerprint density at radius 3 is 2.50 bits per heavy atom. The van der Waals surface area contributed by atoms with Gasteiger partial charge in [-0.2, -0.15) is 0 Å². The molecule has 0 aromatic heterocycles. The Hall–Kier alpha value is -0.680. The fraction of sp³-hybridized carbons (Fsp3) is 0.286. The maximum atomic E-state index is 6.10. The second-order valence-corrected chi connectivity index (χ2v) is 6.25. The van der Waals surface area contributed by atoms with Crippen LogP contribution in [0.1, 0.15) is 5.56 Å². The van der Waals surface area contributed by atoms with E-state index in [1.165, 1.54) is 0 Å². The first kappa shape index (κ1) is 15.7. The third kappa shape index (κ3) is 4.16. The predicted molar refractivity (Wildman–Crippen MR) is 85.7 cm³/mol. The molecule has 0 saturated heterocycles. The zero-order chi connectivity index (χ0) is 14.6. The normalized spacial score (nSPS) is 20.8. The van der Waals surface area contributed by atoms with E-state index >= 15 is 0 Å². The Kier molecular flexibility index (Phi) is 5.38. The Labute approximate surface area is 136 Å². The van der Waals surface area contributed by atoms with Crippen molar-refractivity contribution >= 4 is 39.1 Å². The van der Waals surface area contributed by atoms with Gasteiger partial charge in [-0.05, 0) is 58.9 Å². The van der Waals surface area contributed by atoms with Gasteiger partial charge in [-0.3, -0.25) is 0 Å². The SMILES string of the molecule is Cc1cc(Cl)c(OCCOC2(Br)C=CC=CN2)c(Cl)c1. The number of aryl methyl sites for hydroxylation is 1. The first-order chi connectivity index (χ1) is 9.50. The molecule has 0 radical (unpaired) electrons. The van der Waals surface area contributed by atoms with E-state index < -0.39 is 4.63 Å². The van der Waals surface area contributed by atoms with Gasteiger partial charge in [-0.1, -0.05) is 29.3 Å². The van der Waals surface area contributed by atoms with Crippen LogP contribution < -0.4 is 10.1 Å². The summed E-state index contributed by atoms with van der Waals surface area (Å²) in [5.74, 6) is 0.484. The summed E-state index contributed by atoms with van der Waals surface area (Å²) in [5.41, 5.74) is 0.992. The average Bonchev–Trinajstić information content (AvgIpc) is 2.37. The Bertz CT molecular complexity index is 525. The Balaban J connectivity index is 1.85. The van der Waals surface area contributed by atoms with E-state index in [-0.39, 0.29) is 0 Å². The highest BCUT2D eigenvalue weighted by atomic mass is 79.9. The fourth-order valence-electron chi connectivity index (χ4n) is 1.69. The molecule has 1 aromatic rings. The number of dihydropyridines is 1. The molecule has 0 saturated carbocycles. The number of benzene rings is 1. The van der Waals surface area contributed by atoms with Crippen LogP contribution in [-0.2, 0) is 4.74 Å². The molecule has 1 aromatic carbocycles. The van der Waals surface area contributed by atoms with Crippen molar-refractivity contribution in [2.75, 3.05) is 13.2 Å². The molecule has 1 unspecified atom stereocenters. The summed E-state index contributed by atoms with van der Waals surface area (Å²) >= 11 is 15.6. The van der Waals surface area contributed by atoms with Gasteiger partial charge in [0.15, 0.2) is 5.75 Å². The molecule has 6 heteroatoms. The highest BCUT2D eigenvalue weighted by Crippen LogP contribution is 2.34. The van der Waals surface area contributed by atoms with Crippen LogP contribution in [0.5, 0.6) is 5.75 Å². The molecule has 1 aliphatic heterocycles. The molecule has 108 valence electrons. The van der Waals surface area contributed by atoms with Crippen molar-refractivity contribution in [1.82, 2.24) is 5.32 Å².